The van der Waals surface area contributed by atoms with Crippen molar-refractivity contribution in [3.63, 3.8) is 0 Å². The molecule has 0 saturated carbocycles. The molecule has 0 spiro atoms. The van der Waals surface area contributed by atoms with Crippen molar-refractivity contribution in [1.82, 2.24) is 5.32 Å². The van der Waals surface area contributed by atoms with Gasteiger partial charge in [-0.3, -0.25) is 4.79 Å². The monoisotopic (exact) mass is 447 g/mol. The highest BCUT2D eigenvalue weighted by Crippen LogP contribution is 2.32. The molecule has 4 heteroatoms. The lowest BCUT2D eigenvalue weighted by Crippen LogP contribution is -2.28. The van der Waals surface area contributed by atoms with Crippen molar-refractivity contribution in [1.29, 1.82) is 0 Å². The number of rotatable bonds is 7. The standard InChI is InChI=1S/C28H30ClNO2/c1-18(2)23-17-24(19(3)15-27(23)32-5)20(4)30-28(31)25(21-11-7-6-8-12-21)16-22-13-9-10-14-26(22)29/h6-18,20H,1-5H3,(H,30,31)/b25-16+. The third kappa shape index (κ3) is 5.41. The Hall–Kier alpha value is -3.04. The summed E-state index contributed by atoms with van der Waals surface area (Å²) in [6.45, 7) is 8.33. The lowest BCUT2D eigenvalue weighted by molar-refractivity contribution is -0.116. The Morgan fingerprint density at radius 1 is 0.969 bits per heavy atom. The molecule has 0 aliphatic carbocycles. The zero-order valence-corrected chi connectivity index (χ0v) is 20.0. The lowest BCUT2D eigenvalue weighted by atomic mass is 9.93. The fraction of sp³-hybridized carbons (Fsp3) is 0.250. The third-order valence-corrected chi connectivity index (χ3v) is 5.93. The van der Waals surface area contributed by atoms with Crippen molar-refractivity contribution in [3.8, 4) is 5.75 Å². The first-order valence-electron chi connectivity index (χ1n) is 10.8. The minimum Gasteiger partial charge on any atom is -0.496 e. The molecule has 1 N–H and O–H groups in total. The summed E-state index contributed by atoms with van der Waals surface area (Å²) in [5.41, 5.74) is 5.50. The van der Waals surface area contributed by atoms with Gasteiger partial charge in [0.25, 0.3) is 5.91 Å². The lowest BCUT2D eigenvalue weighted by Gasteiger charge is -2.22. The SMILES string of the molecule is COc1cc(C)c(C(C)NC(=O)/C(=C/c2ccccc2Cl)c2ccccc2)cc1C(C)C. The average Bonchev–Trinajstić information content (AvgIpc) is 2.78. The van der Waals surface area contributed by atoms with E-state index < -0.39 is 0 Å². The zero-order valence-electron chi connectivity index (χ0n) is 19.3. The second-order valence-electron chi connectivity index (χ2n) is 8.25. The van der Waals surface area contributed by atoms with Crippen LogP contribution in [0.3, 0.4) is 0 Å². The first-order chi connectivity index (χ1) is 15.3. The quantitative estimate of drug-likeness (QED) is 0.307. The summed E-state index contributed by atoms with van der Waals surface area (Å²) in [6, 6.07) is 21.2. The van der Waals surface area contributed by atoms with Crippen molar-refractivity contribution >= 4 is 29.2 Å². The number of hydrogen-bond acceptors (Lipinski definition) is 2. The summed E-state index contributed by atoms with van der Waals surface area (Å²) in [5, 5.41) is 3.79. The molecule has 0 bridgehead atoms. The topological polar surface area (TPSA) is 38.3 Å². The molecule has 1 atom stereocenters. The maximum Gasteiger partial charge on any atom is 0.252 e. The van der Waals surface area contributed by atoms with Crippen LogP contribution in [0.1, 0.15) is 60.5 Å². The van der Waals surface area contributed by atoms with Crippen molar-refractivity contribution in [2.75, 3.05) is 7.11 Å². The second-order valence-corrected chi connectivity index (χ2v) is 8.65. The predicted octanol–water partition coefficient (Wildman–Crippen LogP) is 7.20. The Morgan fingerprint density at radius 2 is 1.62 bits per heavy atom. The Balaban J connectivity index is 1.97. The van der Waals surface area contributed by atoms with Crippen LogP contribution in [0.4, 0.5) is 0 Å². The number of hydrogen-bond donors (Lipinski definition) is 1. The Morgan fingerprint density at radius 3 is 2.25 bits per heavy atom. The minimum atomic E-state index is -0.177. The Kier molecular flexibility index (Phi) is 7.76. The molecule has 3 nitrogen and oxygen atoms in total. The van der Waals surface area contributed by atoms with Crippen molar-refractivity contribution in [2.24, 2.45) is 0 Å². The highest BCUT2D eigenvalue weighted by Gasteiger charge is 2.19. The number of ether oxygens (including phenoxy) is 1. The van der Waals surface area contributed by atoms with Crippen LogP contribution in [0, 0.1) is 6.92 Å². The molecular weight excluding hydrogens is 418 g/mol. The van der Waals surface area contributed by atoms with E-state index in [0.717, 1.165) is 33.6 Å². The van der Waals surface area contributed by atoms with Crippen LogP contribution in [0.2, 0.25) is 5.02 Å². The van der Waals surface area contributed by atoms with E-state index in [4.69, 9.17) is 16.3 Å². The maximum absolute atomic E-state index is 13.4. The summed E-state index contributed by atoms with van der Waals surface area (Å²) in [4.78, 5) is 13.4. The van der Waals surface area contributed by atoms with Gasteiger partial charge in [0, 0.05) is 10.6 Å². The Labute approximate surface area is 196 Å². The van der Waals surface area contributed by atoms with Gasteiger partial charge in [0.15, 0.2) is 0 Å². The second kappa shape index (κ2) is 10.5. The van der Waals surface area contributed by atoms with Crippen LogP contribution in [-0.2, 0) is 4.79 Å². The van der Waals surface area contributed by atoms with Gasteiger partial charge in [0.1, 0.15) is 5.75 Å². The summed E-state index contributed by atoms with van der Waals surface area (Å²) < 4.78 is 5.57. The van der Waals surface area contributed by atoms with E-state index in [2.05, 4.69) is 25.2 Å². The molecule has 1 amide bonds. The Bertz CT molecular complexity index is 1120. The van der Waals surface area contributed by atoms with Crippen molar-refractivity contribution in [2.45, 2.75) is 39.7 Å². The molecule has 0 aliphatic heterocycles. The molecule has 0 saturated heterocycles. The molecule has 0 heterocycles. The third-order valence-electron chi connectivity index (χ3n) is 5.59. The first kappa shape index (κ1) is 23.6. The van der Waals surface area contributed by atoms with Crippen molar-refractivity contribution in [3.05, 3.63) is 99.6 Å². The van der Waals surface area contributed by atoms with Crippen LogP contribution in [-0.4, -0.2) is 13.0 Å². The molecule has 1 unspecified atom stereocenters. The normalized spacial score (nSPS) is 12.5. The molecule has 0 aliphatic rings. The minimum absolute atomic E-state index is 0.148. The van der Waals surface area contributed by atoms with E-state index in [1.165, 1.54) is 0 Å². The van der Waals surface area contributed by atoms with E-state index in [1.54, 1.807) is 7.11 Å². The molecule has 32 heavy (non-hydrogen) atoms. The van der Waals surface area contributed by atoms with Gasteiger partial charge in [-0.05, 0) is 71.9 Å². The predicted molar refractivity (Wildman–Crippen MR) is 134 cm³/mol. The number of carbonyl (C=O) groups is 1. The number of carbonyl (C=O) groups excluding carboxylic acids is 1. The van der Waals surface area contributed by atoms with Crippen LogP contribution in [0.5, 0.6) is 5.75 Å². The average molecular weight is 448 g/mol. The number of nitrogens with one attached hydrogen (secondary N) is 1. The molecule has 0 fully saturated rings. The van der Waals surface area contributed by atoms with E-state index in [0.29, 0.717) is 16.5 Å². The van der Waals surface area contributed by atoms with E-state index in [9.17, 15) is 4.79 Å². The molecule has 3 aromatic rings. The largest absolute Gasteiger partial charge is 0.496 e. The van der Waals surface area contributed by atoms with Gasteiger partial charge in [-0.2, -0.15) is 0 Å². The number of halogens is 1. The van der Waals surface area contributed by atoms with Crippen LogP contribution in [0.15, 0.2) is 66.7 Å². The van der Waals surface area contributed by atoms with Gasteiger partial charge >= 0.3 is 0 Å². The number of methoxy groups -OCH3 is 1. The maximum atomic E-state index is 13.4. The molecule has 0 radical (unpaired) electrons. The summed E-state index contributed by atoms with van der Waals surface area (Å²) in [6.07, 6.45) is 1.85. The summed E-state index contributed by atoms with van der Waals surface area (Å²) >= 11 is 6.37. The molecule has 3 aromatic carbocycles. The van der Waals surface area contributed by atoms with E-state index in [-0.39, 0.29) is 11.9 Å². The summed E-state index contributed by atoms with van der Waals surface area (Å²) in [5.74, 6) is 1.04. The first-order valence-corrected chi connectivity index (χ1v) is 11.2. The van der Waals surface area contributed by atoms with Crippen molar-refractivity contribution < 1.29 is 9.53 Å². The highest BCUT2D eigenvalue weighted by atomic mass is 35.5. The highest BCUT2D eigenvalue weighted by molar-refractivity contribution is 6.33. The van der Waals surface area contributed by atoms with Gasteiger partial charge in [-0.15, -0.1) is 0 Å². The van der Waals surface area contributed by atoms with Gasteiger partial charge in [0.05, 0.1) is 13.2 Å². The fourth-order valence-electron chi connectivity index (χ4n) is 3.81. The van der Waals surface area contributed by atoms with Gasteiger partial charge < -0.3 is 10.1 Å². The van der Waals surface area contributed by atoms with E-state index >= 15 is 0 Å². The number of benzene rings is 3. The molecular formula is C28H30ClNO2. The van der Waals surface area contributed by atoms with Gasteiger partial charge in [0.2, 0.25) is 0 Å². The smallest absolute Gasteiger partial charge is 0.252 e. The van der Waals surface area contributed by atoms with Gasteiger partial charge in [-0.1, -0.05) is 74.0 Å². The van der Waals surface area contributed by atoms with Crippen LogP contribution >= 0.6 is 11.6 Å². The van der Waals surface area contributed by atoms with Gasteiger partial charge in [-0.25, -0.2) is 0 Å². The zero-order chi connectivity index (χ0) is 23.3. The molecule has 3 rings (SSSR count). The van der Waals surface area contributed by atoms with E-state index in [1.807, 2.05) is 80.6 Å². The fourth-order valence-corrected chi connectivity index (χ4v) is 4.00. The number of aryl methyl sites for hydroxylation is 1. The van der Waals surface area contributed by atoms with Crippen LogP contribution in [0.25, 0.3) is 11.6 Å². The summed E-state index contributed by atoms with van der Waals surface area (Å²) in [7, 11) is 1.69. The molecule has 0 aromatic heterocycles. The van der Waals surface area contributed by atoms with Crippen LogP contribution < -0.4 is 10.1 Å². The molecule has 166 valence electrons. The number of amides is 1.